The third-order valence-corrected chi connectivity index (χ3v) is 2.80. The van der Waals surface area contributed by atoms with Gasteiger partial charge in [-0.2, -0.15) is 0 Å². The summed E-state index contributed by atoms with van der Waals surface area (Å²) in [5, 5.41) is 0. The van der Waals surface area contributed by atoms with Crippen molar-refractivity contribution in [3.05, 3.63) is 30.9 Å². The average Bonchev–Trinajstić information content (AvgIpc) is 1.85. The van der Waals surface area contributed by atoms with E-state index in [0.717, 1.165) is 0 Å². The van der Waals surface area contributed by atoms with Crippen molar-refractivity contribution in [2.24, 2.45) is 0 Å². The summed E-state index contributed by atoms with van der Waals surface area (Å²) in [6.45, 7) is 4.45. The van der Waals surface area contributed by atoms with Crippen LogP contribution in [0.3, 0.4) is 0 Å². The lowest BCUT2D eigenvalue weighted by Gasteiger charge is -2.05. The smallest absolute Gasteiger partial charge is 0.0143 e. The molecule has 0 heterocycles. The van der Waals surface area contributed by atoms with Crippen LogP contribution in [0.5, 0.6) is 0 Å². The van der Waals surface area contributed by atoms with Gasteiger partial charge in [-0.05, 0) is 74.9 Å². The molecule has 0 radical (unpaired) electrons. The lowest BCUT2D eigenvalue weighted by atomic mass is 10.0. The molecular formula is C9H10I2. The summed E-state index contributed by atoms with van der Waals surface area (Å²) < 4.78 is 2.66. The van der Waals surface area contributed by atoms with Gasteiger partial charge >= 0.3 is 0 Å². The highest BCUT2D eigenvalue weighted by atomic mass is 127. The quantitative estimate of drug-likeness (QED) is 0.654. The van der Waals surface area contributed by atoms with E-state index in [9.17, 15) is 0 Å². The monoisotopic (exact) mass is 372 g/mol. The van der Waals surface area contributed by atoms with Gasteiger partial charge in [-0.25, -0.2) is 0 Å². The predicted molar refractivity (Wildman–Crippen MR) is 66.0 cm³/mol. The van der Waals surface area contributed by atoms with Gasteiger partial charge in [0.15, 0.2) is 0 Å². The number of rotatable bonds is 1. The maximum atomic E-state index is 2.36. The van der Waals surface area contributed by atoms with Crippen molar-refractivity contribution in [2.45, 2.75) is 19.8 Å². The summed E-state index contributed by atoms with van der Waals surface area (Å²) in [4.78, 5) is 0. The molecule has 0 bridgehead atoms. The summed E-state index contributed by atoms with van der Waals surface area (Å²) in [7, 11) is 0. The first-order chi connectivity index (χ1) is 5.09. The minimum atomic E-state index is 0.637. The van der Waals surface area contributed by atoms with Crippen LogP contribution < -0.4 is 0 Å². The predicted octanol–water partition coefficient (Wildman–Crippen LogP) is 4.02. The van der Waals surface area contributed by atoms with E-state index in [1.807, 2.05) is 0 Å². The largest absolute Gasteiger partial charge is 0.0587 e. The summed E-state index contributed by atoms with van der Waals surface area (Å²) >= 11 is 4.72. The summed E-state index contributed by atoms with van der Waals surface area (Å²) in [5.74, 6) is 0.637. The molecule has 0 unspecified atom stereocenters. The molecule has 0 fully saturated rings. The Hall–Kier alpha value is 0.680. The fourth-order valence-electron chi connectivity index (χ4n) is 0.908. The molecule has 0 aromatic heterocycles. The van der Waals surface area contributed by atoms with Crippen molar-refractivity contribution in [3.8, 4) is 0 Å². The molecule has 2 heteroatoms. The molecule has 0 aliphatic heterocycles. The number of hydrogen-bond acceptors (Lipinski definition) is 0. The minimum absolute atomic E-state index is 0.637. The van der Waals surface area contributed by atoms with Crippen LogP contribution in [0.1, 0.15) is 25.3 Å². The first-order valence-corrected chi connectivity index (χ1v) is 5.71. The average molecular weight is 372 g/mol. The number of halogens is 2. The molecule has 0 aliphatic rings. The van der Waals surface area contributed by atoms with Crippen molar-refractivity contribution in [3.63, 3.8) is 0 Å². The molecule has 60 valence electrons. The van der Waals surface area contributed by atoms with Crippen molar-refractivity contribution in [1.29, 1.82) is 0 Å². The number of benzene rings is 1. The van der Waals surface area contributed by atoms with Crippen LogP contribution in [0, 0.1) is 7.14 Å². The zero-order chi connectivity index (χ0) is 8.43. The Morgan fingerprint density at radius 1 is 1.00 bits per heavy atom. The highest BCUT2D eigenvalue weighted by molar-refractivity contribution is 14.1. The Morgan fingerprint density at radius 3 is 1.82 bits per heavy atom. The van der Waals surface area contributed by atoms with Crippen LogP contribution in [-0.2, 0) is 0 Å². The van der Waals surface area contributed by atoms with Gasteiger partial charge in [0.1, 0.15) is 0 Å². The van der Waals surface area contributed by atoms with E-state index in [-0.39, 0.29) is 0 Å². The third-order valence-electron chi connectivity index (χ3n) is 1.55. The van der Waals surface area contributed by atoms with E-state index < -0.39 is 0 Å². The fraction of sp³-hybridized carbons (Fsp3) is 0.333. The van der Waals surface area contributed by atoms with Gasteiger partial charge in [0.2, 0.25) is 0 Å². The Labute approximate surface area is 95.0 Å². The van der Waals surface area contributed by atoms with Crippen molar-refractivity contribution < 1.29 is 0 Å². The molecule has 0 spiro atoms. The summed E-state index contributed by atoms with van der Waals surface area (Å²) in [6.07, 6.45) is 0. The van der Waals surface area contributed by atoms with Crippen LogP contribution >= 0.6 is 45.2 Å². The fourth-order valence-corrected chi connectivity index (χ4v) is 2.89. The Morgan fingerprint density at radius 2 is 1.45 bits per heavy atom. The highest BCUT2D eigenvalue weighted by Gasteiger charge is 2.00. The third kappa shape index (κ3) is 2.89. The maximum absolute atomic E-state index is 2.36. The maximum Gasteiger partial charge on any atom is 0.0143 e. The normalized spacial score (nSPS) is 10.6. The van der Waals surface area contributed by atoms with Gasteiger partial charge in [-0.15, -0.1) is 0 Å². The van der Waals surface area contributed by atoms with Gasteiger partial charge in [0, 0.05) is 7.14 Å². The molecule has 0 aliphatic carbocycles. The van der Waals surface area contributed by atoms with Crippen molar-refractivity contribution in [2.75, 3.05) is 0 Å². The van der Waals surface area contributed by atoms with Crippen LogP contribution in [0.2, 0.25) is 0 Å². The van der Waals surface area contributed by atoms with Crippen LogP contribution in [0.15, 0.2) is 18.2 Å². The molecule has 0 saturated heterocycles. The summed E-state index contributed by atoms with van der Waals surface area (Å²) in [6, 6.07) is 6.67. The second-order valence-electron chi connectivity index (χ2n) is 2.86. The second kappa shape index (κ2) is 4.07. The van der Waals surface area contributed by atoms with Gasteiger partial charge in [0.25, 0.3) is 0 Å². The molecule has 0 nitrogen and oxygen atoms in total. The first kappa shape index (κ1) is 9.77. The molecule has 0 N–H and O–H groups in total. The van der Waals surface area contributed by atoms with Gasteiger partial charge in [0.05, 0.1) is 0 Å². The van der Waals surface area contributed by atoms with Crippen LogP contribution in [0.4, 0.5) is 0 Å². The molecule has 0 saturated carbocycles. The zero-order valence-corrected chi connectivity index (χ0v) is 10.9. The van der Waals surface area contributed by atoms with E-state index in [0.29, 0.717) is 5.92 Å². The lowest BCUT2D eigenvalue weighted by molar-refractivity contribution is 0.864. The highest BCUT2D eigenvalue weighted by Crippen LogP contribution is 2.20. The van der Waals surface area contributed by atoms with Gasteiger partial charge in [-0.3, -0.25) is 0 Å². The second-order valence-corrected chi connectivity index (χ2v) is 5.35. The lowest BCUT2D eigenvalue weighted by Crippen LogP contribution is -1.88. The van der Waals surface area contributed by atoms with E-state index in [4.69, 9.17) is 0 Å². The Balaban J connectivity index is 3.08. The zero-order valence-electron chi connectivity index (χ0n) is 6.57. The van der Waals surface area contributed by atoms with E-state index >= 15 is 0 Å². The molecule has 11 heavy (non-hydrogen) atoms. The minimum Gasteiger partial charge on any atom is -0.0587 e. The van der Waals surface area contributed by atoms with Crippen molar-refractivity contribution in [1.82, 2.24) is 0 Å². The van der Waals surface area contributed by atoms with Crippen LogP contribution in [-0.4, -0.2) is 0 Å². The SMILES string of the molecule is CC(C)c1cc(I)cc(I)c1. The standard InChI is InChI=1S/C9H10I2/c1-6(2)7-3-8(10)5-9(11)4-7/h3-6H,1-2H3. The molecule has 1 aromatic carbocycles. The van der Waals surface area contributed by atoms with E-state index in [1.54, 1.807) is 0 Å². The molecule has 1 rings (SSSR count). The topological polar surface area (TPSA) is 0 Å². The Bertz CT molecular complexity index is 233. The van der Waals surface area contributed by atoms with E-state index in [1.165, 1.54) is 12.7 Å². The molecular weight excluding hydrogens is 362 g/mol. The van der Waals surface area contributed by atoms with Crippen LogP contribution in [0.25, 0.3) is 0 Å². The summed E-state index contributed by atoms with van der Waals surface area (Å²) in [5.41, 5.74) is 1.43. The van der Waals surface area contributed by atoms with Gasteiger partial charge in [-0.1, -0.05) is 13.8 Å². The van der Waals surface area contributed by atoms with Gasteiger partial charge < -0.3 is 0 Å². The van der Waals surface area contributed by atoms with Crippen molar-refractivity contribution >= 4 is 45.2 Å². The number of hydrogen-bond donors (Lipinski definition) is 0. The molecule has 1 aromatic rings. The first-order valence-electron chi connectivity index (χ1n) is 3.55. The molecule has 0 amide bonds. The molecule has 0 atom stereocenters. The Kier molecular flexibility index (Phi) is 3.61. The van der Waals surface area contributed by atoms with E-state index in [2.05, 4.69) is 77.2 Å².